The van der Waals surface area contributed by atoms with Crippen LogP contribution >= 0.6 is 0 Å². The third-order valence-electron chi connectivity index (χ3n) is 11.8. The molecule has 4 heterocycles. The minimum Gasteiger partial charge on any atom is -0.458 e. The zero-order valence-corrected chi connectivity index (χ0v) is 33.0. The first-order chi connectivity index (χ1) is 30.3. The third-order valence-corrected chi connectivity index (χ3v) is 11.8. The van der Waals surface area contributed by atoms with Crippen LogP contribution in [0.15, 0.2) is 219 Å². The van der Waals surface area contributed by atoms with Gasteiger partial charge in [0.15, 0.2) is 0 Å². The first-order valence-electron chi connectivity index (χ1n) is 20.6. The van der Waals surface area contributed by atoms with Crippen LogP contribution in [0.25, 0.3) is 55.8 Å². The molecule has 61 heavy (non-hydrogen) atoms. The second-order valence-corrected chi connectivity index (χ2v) is 15.3. The van der Waals surface area contributed by atoms with Crippen molar-refractivity contribution >= 4 is 46.4 Å². The number of hydrogen-bond donors (Lipinski definition) is 0. The lowest BCUT2D eigenvalue weighted by Gasteiger charge is -2.35. The maximum atomic E-state index is 6.80. The van der Waals surface area contributed by atoms with E-state index in [0.717, 1.165) is 73.4 Å². The van der Waals surface area contributed by atoms with Gasteiger partial charge in [0.1, 0.15) is 17.3 Å². The second-order valence-electron chi connectivity index (χ2n) is 15.3. The molecule has 7 heteroatoms. The molecular weight excluding hydrogens is 745 g/mol. The molecule has 0 atom stereocenters. The Bertz CT molecular complexity index is 3200. The number of para-hydroxylation sites is 4. The van der Waals surface area contributed by atoms with Gasteiger partial charge in [-0.15, -0.1) is 0 Å². The Hall–Kier alpha value is -8.16. The minimum absolute atomic E-state index is 0.117. The number of nitrogens with zero attached hydrogens (tertiary/aromatic N) is 5. The van der Waals surface area contributed by atoms with Crippen LogP contribution in [0.1, 0.15) is 0 Å². The van der Waals surface area contributed by atoms with Crippen LogP contribution in [-0.4, -0.2) is 16.5 Å². The maximum absolute atomic E-state index is 6.80. The Morgan fingerprint density at radius 2 is 1.13 bits per heavy atom. The molecule has 0 radical (unpaired) electrons. The summed E-state index contributed by atoms with van der Waals surface area (Å²) in [7, 11) is 0. The highest BCUT2D eigenvalue weighted by Crippen LogP contribution is 2.51. The maximum Gasteiger partial charge on any atom is 0.422 e. The molecule has 2 aliphatic heterocycles. The van der Waals surface area contributed by atoms with Crippen LogP contribution in [0.3, 0.4) is 0 Å². The quantitative estimate of drug-likeness (QED) is 0.0917. The molecular formula is C54H36BN5O. The first kappa shape index (κ1) is 34.8. The third kappa shape index (κ3) is 5.74. The summed E-state index contributed by atoms with van der Waals surface area (Å²) < 4.78 is 11.1. The lowest BCUT2D eigenvalue weighted by atomic mass is 9.59. The van der Waals surface area contributed by atoms with Crippen LogP contribution in [0.2, 0.25) is 0 Å². The van der Waals surface area contributed by atoms with Crippen molar-refractivity contribution in [1.29, 1.82) is 0 Å². The summed E-state index contributed by atoms with van der Waals surface area (Å²) in [6.45, 7) is -0.117. The number of pyridine rings is 1. The van der Waals surface area contributed by atoms with E-state index >= 15 is 0 Å². The monoisotopic (exact) mass is 781 g/mol. The van der Waals surface area contributed by atoms with Crippen LogP contribution in [0.5, 0.6) is 11.5 Å². The molecule has 2 aromatic heterocycles. The van der Waals surface area contributed by atoms with Crippen molar-refractivity contribution in [2.75, 3.05) is 9.62 Å². The van der Waals surface area contributed by atoms with E-state index in [1.807, 2.05) is 30.5 Å². The standard InChI is InChI=1S/C54H36BN5O/c1-3-17-38(18-4-1)43-25-16-26-44(39-19-5-2-6-20-39)54(43)58-37-57(49-29-11-12-30-50(49)58)40-21-15-22-41(35-40)61-42-32-33-51-52(36-42)60(53-31-13-14-34-56-53)55-47-27-9-7-23-45(47)46-24-8-10-28-48(46)59(51)55/h1-36H. The fourth-order valence-electron chi connectivity index (χ4n) is 9.23. The Labute approximate surface area is 354 Å². The van der Waals surface area contributed by atoms with Crippen LogP contribution in [0.4, 0.5) is 22.9 Å². The number of imidazole rings is 1. The molecule has 12 rings (SSSR count). The van der Waals surface area contributed by atoms with Gasteiger partial charge in [-0.25, -0.2) is 4.98 Å². The van der Waals surface area contributed by atoms with E-state index in [4.69, 9.17) is 9.72 Å². The highest BCUT2D eigenvalue weighted by Gasteiger charge is 2.48. The van der Waals surface area contributed by atoms with Gasteiger partial charge in [0.25, 0.3) is 6.33 Å². The van der Waals surface area contributed by atoms with E-state index in [0.29, 0.717) is 0 Å². The Balaban J connectivity index is 0.962. The van der Waals surface area contributed by atoms with E-state index in [1.54, 1.807) is 0 Å². The lowest BCUT2D eigenvalue weighted by Crippen LogP contribution is -2.55. The van der Waals surface area contributed by atoms with Gasteiger partial charge in [-0.2, -0.15) is 0 Å². The SMILES string of the molecule is [c-]1n(-c2cccc(Oc3ccc4c(c3)N(c3ccccn3)B3c5ccccc5-c5ccccc5N34)c2)c2ccccc2[n+]1-c1c(-c2ccccc2)cccc1-c1ccccc1. The van der Waals surface area contributed by atoms with Crippen molar-refractivity contribution in [3.63, 3.8) is 0 Å². The number of ether oxygens (including phenoxy) is 1. The molecule has 0 saturated carbocycles. The molecule has 0 N–H and O–H groups in total. The topological polar surface area (TPSA) is 37.4 Å². The van der Waals surface area contributed by atoms with Gasteiger partial charge < -0.3 is 14.4 Å². The number of fused-ring (bicyclic) bond motifs is 9. The smallest absolute Gasteiger partial charge is 0.422 e. The van der Waals surface area contributed by atoms with Crippen molar-refractivity contribution < 1.29 is 9.30 Å². The highest BCUT2D eigenvalue weighted by molar-refractivity contribution is 6.86. The molecule has 6 nitrogen and oxygen atoms in total. The van der Waals surface area contributed by atoms with E-state index in [2.05, 4.69) is 213 Å². The number of rotatable bonds is 7. The van der Waals surface area contributed by atoms with E-state index in [1.165, 1.54) is 22.3 Å². The van der Waals surface area contributed by atoms with Gasteiger partial charge >= 0.3 is 6.98 Å². The lowest BCUT2D eigenvalue weighted by molar-refractivity contribution is -0.571. The van der Waals surface area contributed by atoms with Crippen molar-refractivity contribution in [2.24, 2.45) is 0 Å². The van der Waals surface area contributed by atoms with Gasteiger partial charge in [0, 0.05) is 23.5 Å². The van der Waals surface area contributed by atoms with Crippen molar-refractivity contribution in [1.82, 2.24) is 9.55 Å². The summed E-state index contributed by atoms with van der Waals surface area (Å²) >= 11 is 0. The molecule has 0 saturated heterocycles. The van der Waals surface area contributed by atoms with Crippen molar-refractivity contribution in [2.45, 2.75) is 0 Å². The average Bonchev–Trinajstić information content (AvgIpc) is 3.89. The molecule has 8 aromatic carbocycles. The highest BCUT2D eigenvalue weighted by atomic mass is 16.5. The summed E-state index contributed by atoms with van der Waals surface area (Å²) in [4.78, 5) is 9.66. The number of benzene rings is 8. The fraction of sp³-hybridized carbons (Fsp3) is 0. The Kier molecular flexibility index (Phi) is 8.16. The summed E-state index contributed by atoms with van der Waals surface area (Å²) in [6, 6.07) is 74.4. The van der Waals surface area contributed by atoms with E-state index in [9.17, 15) is 0 Å². The molecule has 0 amide bonds. The van der Waals surface area contributed by atoms with Crippen LogP contribution < -0.4 is 24.4 Å². The molecule has 2 aliphatic rings. The predicted molar refractivity (Wildman–Crippen MR) is 247 cm³/mol. The first-order valence-corrected chi connectivity index (χ1v) is 20.6. The summed E-state index contributed by atoms with van der Waals surface area (Å²) in [6.07, 6.45) is 5.66. The van der Waals surface area contributed by atoms with Gasteiger partial charge in [-0.05, 0) is 81.8 Å². The largest absolute Gasteiger partial charge is 0.458 e. The van der Waals surface area contributed by atoms with Gasteiger partial charge in [-0.3, -0.25) is 9.13 Å². The average molecular weight is 782 g/mol. The molecule has 0 unspecified atom stereocenters. The Morgan fingerprint density at radius 1 is 0.475 bits per heavy atom. The molecule has 0 aliphatic carbocycles. The number of aromatic nitrogens is 3. The molecule has 286 valence electrons. The van der Waals surface area contributed by atoms with Gasteiger partial charge in [0.2, 0.25) is 0 Å². The summed E-state index contributed by atoms with van der Waals surface area (Å²) in [5.74, 6) is 2.33. The molecule has 0 bridgehead atoms. The number of hydrogen-bond acceptors (Lipinski definition) is 4. The van der Waals surface area contributed by atoms with E-state index in [-0.39, 0.29) is 6.98 Å². The zero-order chi connectivity index (χ0) is 40.3. The minimum atomic E-state index is -0.117. The second kappa shape index (κ2) is 14.3. The predicted octanol–water partition coefficient (Wildman–Crippen LogP) is 11.9. The van der Waals surface area contributed by atoms with E-state index < -0.39 is 0 Å². The molecule has 10 aromatic rings. The number of anilines is 4. The Morgan fingerprint density at radius 3 is 1.92 bits per heavy atom. The summed E-state index contributed by atoms with van der Waals surface area (Å²) in [5.41, 5.74) is 15.6. The van der Waals surface area contributed by atoms with Crippen molar-refractivity contribution in [3.8, 4) is 56.3 Å². The van der Waals surface area contributed by atoms with Gasteiger partial charge in [-0.1, -0.05) is 158 Å². The van der Waals surface area contributed by atoms with Gasteiger partial charge in [0.05, 0.1) is 33.8 Å². The van der Waals surface area contributed by atoms with Crippen molar-refractivity contribution in [3.05, 3.63) is 225 Å². The van der Waals surface area contributed by atoms with Crippen LogP contribution in [-0.2, 0) is 0 Å². The normalized spacial score (nSPS) is 12.5. The fourth-order valence-corrected chi connectivity index (χ4v) is 9.23. The molecule has 0 fully saturated rings. The van der Waals surface area contributed by atoms with Crippen LogP contribution in [0, 0.1) is 6.33 Å². The zero-order valence-electron chi connectivity index (χ0n) is 33.0. The summed E-state index contributed by atoms with van der Waals surface area (Å²) in [5, 5.41) is 0. The molecule has 0 spiro atoms.